The highest BCUT2D eigenvalue weighted by Crippen LogP contribution is 2.29. The zero-order chi connectivity index (χ0) is 13.5. The molecular formula is C13H18N2O3. The van der Waals surface area contributed by atoms with Crippen molar-refractivity contribution in [2.45, 2.75) is 20.0 Å². The number of hydrogen-bond donors (Lipinski definition) is 2. The summed E-state index contributed by atoms with van der Waals surface area (Å²) in [6.07, 6.45) is 3.06. The van der Waals surface area contributed by atoms with E-state index in [0.717, 1.165) is 5.56 Å². The van der Waals surface area contributed by atoms with Gasteiger partial charge in [0.2, 0.25) is 0 Å². The van der Waals surface area contributed by atoms with E-state index in [9.17, 15) is 4.79 Å². The molecule has 0 aliphatic rings. The van der Waals surface area contributed by atoms with Crippen LogP contribution >= 0.6 is 0 Å². The van der Waals surface area contributed by atoms with E-state index in [-0.39, 0.29) is 12.0 Å². The number of carbonyl (C=O) groups is 1. The Morgan fingerprint density at radius 1 is 1.39 bits per heavy atom. The first-order chi connectivity index (χ1) is 8.56. The number of ether oxygens (including phenoxy) is 2. The fraction of sp³-hybridized carbons (Fsp3) is 0.308. The van der Waals surface area contributed by atoms with Gasteiger partial charge in [0.25, 0.3) is 5.91 Å². The Labute approximate surface area is 107 Å². The lowest BCUT2D eigenvalue weighted by molar-refractivity contribution is -0.116. The van der Waals surface area contributed by atoms with Crippen molar-refractivity contribution >= 4 is 12.0 Å². The molecule has 0 aliphatic carbocycles. The molecule has 0 heterocycles. The van der Waals surface area contributed by atoms with Crippen molar-refractivity contribution in [2.24, 2.45) is 5.84 Å². The van der Waals surface area contributed by atoms with Crippen LogP contribution in [-0.2, 0) is 4.79 Å². The lowest BCUT2D eigenvalue weighted by Crippen LogP contribution is -2.27. The Kier molecular flexibility index (Phi) is 5.20. The van der Waals surface area contributed by atoms with Crippen molar-refractivity contribution in [1.29, 1.82) is 0 Å². The summed E-state index contributed by atoms with van der Waals surface area (Å²) in [7, 11) is 1.57. The Bertz CT molecular complexity index is 442. The van der Waals surface area contributed by atoms with Gasteiger partial charge in [-0.15, -0.1) is 0 Å². The van der Waals surface area contributed by atoms with Crippen LogP contribution in [0.4, 0.5) is 0 Å². The van der Waals surface area contributed by atoms with Crippen LogP contribution in [0.25, 0.3) is 6.08 Å². The van der Waals surface area contributed by atoms with E-state index in [1.807, 2.05) is 25.3 Å². The first-order valence-electron chi connectivity index (χ1n) is 5.60. The highest BCUT2D eigenvalue weighted by Gasteiger charge is 2.06. The summed E-state index contributed by atoms with van der Waals surface area (Å²) in [5.74, 6) is 5.91. The SMILES string of the molecule is COc1cc(C=CC(=O)NN)ccc1OC(C)C. The molecular weight excluding hydrogens is 232 g/mol. The van der Waals surface area contributed by atoms with Gasteiger partial charge in [0, 0.05) is 6.08 Å². The average Bonchev–Trinajstić information content (AvgIpc) is 2.36. The highest BCUT2D eigenvalue weighted by molar-refractivity contribution is 5.91. The van der Waals surface area contributed by atoms with Gasteiger partial charge in [-0.05, 0) is 37.6 Å². The highest BCUT2D eigenvalue weighted by atomic mass is 16.5. The molecule has 5 heteroatoms. The zero-order valence-electron chi connectivity index (χ0n) is 10.8. The molecule has 18 heavy (non-hydrogen) atoms. The number of hydrazine groups is 1. The third-order valence-corrected chi connectivity index (χ3v) is 2.12. The quantitative estimate of drug-likeness (QED) is 0.359. The topological polar surface area (TPSA) is 73.6 Å². The summed E-state index contributed by atoms with van der Waals surface area (Å²) < 4.78 is 10.8. The average molecular weight is 250 g/mol. The standard InChI is InChI=1S/C13H18N2O3/c1-9(2)18-11-6-4-10(8-12(11)17-3)5-7-13(16)15-14/h4-9H,14H2,1-3H3,(H,15,16). The molecule has 0 saturated carbocycles. The van der Waals surface area contributed by atoms with Gasteiger partial charge >= 0.3 is 0 Å². The summed E-state index contributed by atoms with van der Waals surface area (Å²) in [6, 6.07) is 5.43. The van der Waals surface area contributed by atoms with Gasteiger partial charge in [-0.3, -0.25) is 10.2 Å². The molecule has 0 fully saturated rings. The molecule has 0 radical (unpaired) electrons. The van der Waals surface area contributed by atoms with Crippen LogP contribution in [0, 0.1) is 0 Å². The van der Waals surface area contributed by atoms with E-state index in [2.05, 4.69) is 0 Å². The smallest absolute Gasteiger partial charge is 0.257 e. The fourth-order valence-corrected chi connectivity index (χ4v) is 1.36. The van der Waals surface area contributed by atoms with E-state index in [0.29, 0.717) is 11.5 Å². The van der Waals surface area contributed by atoms with Crippen molar-refractivity contribution in [2.75, 3.05) is 7.11 Å². The van der Waals surface area contributed by atoms with Gasteiger partial charge < -0.3 is 9.47 Å². The van der Waals surface area contributed by atoms with E-state index >= 15 is 0 Å². The van der Waals surface area contributed by atoms with Gasteiger partial charge in [-0.2, -0.15) is 0 Å². The van der Waals surface area contributed by atoms with Crippen LogP contribution in [0.2, 0.25) is 0 Å². The summed E-state index contributed by atoms with van der Waals surface area (Å²) in [6.45, 7) is 3.89. The van der Waals surface area contributed by atoms with Gasteiger partial charge in [-0.1, -0.05) is 6.07 Å². The molecule has 0 spiro atoms. The van der Waals surface area contributed by atoms with Gasteiger partial charge in [0.15, 0.2) is 11.5 Å². The molecule has 98 valence electrons. The molecule has 0 aromatic heterocycles. The molecule has 1 amide bonds. The second kappa shape index (κ2) is 6.66. The Morgan fingerprint density at radius 2 is 2.11 bits per heavy atom. The van der Waals surface area contributed by atoms with Crippen molar-refractivity contribution in [3.63, 3.8) is 0 Å². The Morgan fingerprint density at radius 3 is 2.67 bits per heavy atom. The van der Waals surface area contributed by atoms with Crippen LogP contribution in [0.1, 0.15) is 19.4 Å². The Hall–Kier alpha value is -2.01. The van der Waals surface area contributed by atoms with E-state index in [4.69, 9.17) is 15.3 Å². The van der Waals surface area contributed by atoms with Gasteiger partial charge in [0.1, 0.15) is 0 Å². The first kappa shape index (κ1) is 14.1. The maximum atomic E-state index is 11.0. The second-order valence-corrected chi connectivity index (χ2v) is 3.92. The van der Waals surface area contributed by atoms with E-state index in [1.165, 1.54) is 6.08 Å². The summed E-state index contributed by atoms with van der Waals surface area (Å²) in [5, 5.41) is 0. The van der Waals surface area contributed by atoms with Gasteiger partial charge in [0.05, 0.1) is 13.2 Å². The minimum Gasteiger partial charge on any atom is -0.493 e. The van der Waals surface area contributed by atoms with E-state index < -0.39 is 0 Å². The van der Waals surface area contributed by atoms with Crippen molar-refractivity contribution in [1.82, 2.24) is 5.43 Å². The van der Waals surface area contributed by atoms with Crippen LogP contribution < -0.4 is 20.7 Å². The van der Waals surface area contributed by atoms with Gasteiger partial charge in [-0.25, -0.2) is 5.84 Å². The summed E-state index contributed by atoms with van der Waals surface area (Å²) >= 11 is 0. The zero-order valence-corrected chi connectivity index (χ0v) is 10.8. The molecule has 0 bridgehead atoms. The summed E-state index contributed by atoms with van der Waals surface area (Å²) in [5.41, 5.74) is 2.85. The molecule has 1 rings (SSSR count). The van der Waals surface area contributed by atoms with Crippen LogP contribution in [0.5, 0.6) is 11.5 Å². The maximum Gasteiger partial charge on any atom is 0.257 e. The number of carbonyl (C=O) groups excluding carboxylic acids is 1. The molecule has 0 aliphatic heterocycles. The number of methoxy groups -OCH3 is 1. The first-order valence-corrected chi connectivity index (χ1v) is 5.60. The molecule has 0 unspecified atom stereocenters. The minimum absolute atomic E-state index is 0.0725. The minimum atomic E-state index is -0.364. The summed E-state index contributed by atoms with van der Waals surface area (Å²) in [4.78, 5) is 11.0. The predicted molar refractivity (Wildman–Crippen MR) is 70.1 cm³/mol. The Balaban J connectivity index is 2.91. The molecule has 1 aromatic rings. The number of benzene rings is 1. The van der Waals surface area contributed by atoms with Crippen LogP contribution in [0.3, 0.4) is 0 Å². The fourth-order valence-electron chi connectivity index (χ4n) is 1.36. The lowest BCUT2D eigenvalue weighted by atomic mass is 10.2. The second-order valence-electron chi connectivity index (χ2n) is 3.92. The monoisotopic (exact) mass is 250 g/mol. The van der Waals surface area contributed by atoms with Crippen molar-refractivity contribution < 1.29 is 14.3 Å². The predicted octanol–water partition coefficient (Wildman–Crippen LogP) is 1.49. The molecule has 0 saturated heterocycles. The third kappa shape index (κ3) is 4.10. The molecule has 1 aromatic carbocycles. The number of hydrogen-bond acceptors (Lipinski definition) is 4. The van der Waals surface area contributed by atoms with Crippen molar-refractivity contribution in [3.8, 4) is 11.5 Å². The third-order valence-electron chi connectivity index (χ3n) is 2.12. The number of nitrogens with one attached hydrogen (secondary N) is 1. The molecule has 0 atom stereocenters. The maximum absolute atomic E-state index is 11.0. The molecule has 3 N–H and O–H groups in total. The number of amides is 1. The molecule has 5 nitrogen and oxygen atoms in total. The number of rotatable bonds is 5. The number of nitrogens with two attached hydrogens (primary N) is 1. The van der Waals surface area contributed by atoms with Crippen LogP contribution in [0.15, 0.2) is 24.3 Å². The largest absolute Gasteiger partial charge is 0.493 e. The van der Waals surface area contributed by atoms with E-state index in [1.54, 1.807) is 25.3 Å². The lowest BCUT2D eigenvalue weighted by Gasteiger charge is -2.13. The normalized spacial score (nSPS) is 10.7. The van der Waals surface area contributed by atoms with Crippen LogP contribution in [-0.4, -0.2) is 19.1 Å². The van der Waals surface area contributed by atoms with Crippen molar-refractivity contribution in [3.05, 3.63) is 29.8 Å².